The van der Waals surface area contributed by atoms with E-state index in [0.29, 0.717) is 24.4 Å². The quantitative estimate of drug-likeness (QED) is 0.706. The number of nitrogens with zero attached hydrogens (tertiary/aromatic N) is 1. The topological polar surface area (TPSA) is 49.8 Å². The van der Waals surface area contributed by atoms with E-state index < -0.39 is 5.97 Å². The van der Waals surface area contributed by atoms with E-state index in [1.54, 1.807) is 0 Å². The standard InChI is InChI=1S/C10H17NO3/c1-11-8-2-7(4-10(12)13)3-9(11)6-14-5-8/h7-9H,2-6H2,1H3,(H,12,13)/t7?,8-,9+. The summed E-state index contributed by atoms with van der Waals surface area (Å²) >= 11 is 0. The van der Waals surface area contributed by atoms with Crippen molar-refractivity contribution < 1.29 is 14.6 Å². The Kier molecular flexibility index (Phi) is 2.74. The number of ether oxygens (including phenoxy) is 1. The normalized spacial score (nSPS) is 38.2. The average Bonchev–Trinajstić information content (AvgIpc) is 2.05. The first kappa shape index (κ1) is 9.93. The van der Waals surface area contributed by atoms with E-state index in [4.69, 9.17) is 9.84 Å². The van der Waals surface area contributed by atoms with Crippen molar-refractivity contribution in [2.45, 2.75) is 31.3 Å². The molecule has 2 saturated heterocycles. The minimum absolute atomic E-state index is 0.320. The van der Waals surface area contributed by atoms with Gasteiger partial charge in [0.15, 0.2) is 0 Å². The van der Waals surface area contributed by atoms with Crippen LogP contribution in [0.2, 0.25) is 0 Å². The van der Waals surface area contributed by atoms with Gasteiger partial charge in [0.2, 0.25) is 0 Å². The Morgan fingerprint density at radius 2 is 2.00 bits per heavy atom. The van der Waals surface area contributed by atoms with Crippen molar-refractivity contribution >= 4 is 5.97 Å². The third kappa shape index (κ3) is 1.91. The zero-order valence-electron chi connectivity index (χ0n) is 8.48. The number of carboxylic acid groups (broad SMARTS) is 1. The van der Waals surface area contributed by atoms with E-state index >= 15 is 0 Å². The molecule has 2 aliphatic heterocycles. The first-order valence-electron chi connectivity index (χ1n) is 5.18. The van der Waals surface area contributed by atoms with Crippen LogP contribution in [0.15, 0.2) is 0 Å². The second-order valence-electron chi connectivity index (χ2n) is 4.45. The van der Waals surface area contributed by atoms with Gasteiger partial charge in [0.05, 0.1) is 13.2 Å². The van der Waals surface area contributed by atoms with Crippen molar-refractivity contribution in [1.82, 2.24) is 4.90 Å². The molecule has 0 saturated carbocycles. The van der Waals surface area contributed by atoms with Gasteiger partial charge in [0.1, 0.15) is 0 Å². The fourth-order valence-electron chi connectivity index (χ4n) is 2.62. The van der Waals surface area contributed by atoms with Crippen LogP contribution < -0.4 is 0 Å². The highest BCUT2D eigenvalue weighted by molar-refractivity contribution is 5.67. The van der Waals surface area contributed by atoms with Crippen LogP contribution in [0.3, 0.4) is 0 Å². The second kappa shape index (κ2) is 3.87. The Morgan fingerprint density at radius 3 is 2.50 bits per heavy atom. The maximum atomic E-state index is 10.6. The molecule has 14 heavy (non-hydrogen) atoms. The number of aliphatic carboxylic acids is 1. The maximum absolute atomic E-state index is 10.6. The molecule has 1 N–H and O–H groups in total. The number of fused-ring (bicyclic) bond motifs is 2. The first-order chi connectivity index (χ1) is 6.66. The van der Waals surface area contributed by atoms with Gasteiger partial charge in [-0.25, -0.2) is 0 Å². The zero-order chi connectivity index (χ0) is 10.1. The molecule has 0 aromatic carbocycles. The van der Waals surface area contributed by atoms with Crippen molar-refractivity contribution in [2.75, 3.05) is 20.3 Å². The molecule has 0 aromatic rings. The van der Waals surface area contributed by atoms with E-state index in [1.807, 2.05) is 0 Å². The van der Waals surface area contributed by atoms with Crippen molar-refractivity contribution in [3.05, 3.63) is 0 Å². The number of likely N-dealkylation sites (N-methyl/N-ethyl adjacent to an activating group) is 1. The third-order valence-electron chi connectivity index (χ3n) is 3.45. The summed E-state index contributed by atoms with van der Waals surface area (Å²) in [5, 5.41) is 8.75. The van der Waals surface area contributed by atoms with Crippen molar-refractivity contribution in [1.29, 1.82) is 0 Å². The maximum Gasteiger partial charge on any atom is 0.303 e. The molecule has 0 radical (unpaired) electrons. The summed E-state index contributed by atoms with van der Waals surface area (Å²) < 4.78 is 5.47. The van der Waals surface area contributed by atoms with Crippen LogP contribution in [0.1, 0.15) is 19.3 Å². The Hall–Kier alpha value is -0.610. The van der Waals surface area contributed by atoms with E-state index in [9.17, 15) is 4.79 Å². The van der Waals surface area contributed by atoms with Gasteiger partial charge in [0, 0.05) is 18.5 Å². The van der Waals surface area contributed by atoms with Gasteiger partial charge >= 0.3 is 5.97 Å². The molecule has 80 valence electrons. The SMILES string of the molecule is CN1[C@@H]2COC[C@H]1CC(CC(=O)O)C2. The molecule has 0 amide bonds. The summed E-state index contributed by atoms with van der Waals surface area (Å²) in [6, 6.07) is 0.874. The molecule has 2 fully saturated rings. The lowest BCUT2D eigenvalue weighted by atomic mass is 9.83. The van der Waals surface area contributed by atoms with E-state index in [1.165, 1.54) is 0 Å². The van der Waals surface area contributed by atoms with Crippen molar-refractivity contribution in [2.24, 2.45) is 5.92 Å². The van der Waals surface area contributed by atoms with Gasteiger partial charge < -0.3 is 9.84 Å². The Balaban J connectivity index is 1.97. The highest BCUT2D eigenvalue weighted by atomic mass is 16.5. The number of carboxylic acids is 1. The van der Waals surface area contributed by atoms with Crippen LogP contribution in [-0.4, -0.2) is 48.3 Å². The fourth-order valence-corrected chi connectivity index (χ4v) is 2.62. The summed E-state index contributed by atoms with van der Waals surface area (Å²) in [5.41, 5.74) is 0. The van der Waals surface area contributed by atoms with Gasteiger partial charge in [0.25, 0.3) is 0 Å². The smallest absolute Gasteiger partial charge is 0.303 e. The highest BCUT2D eigenvalue weighted by Crippen LogP contribution is 2.31. The summed E-state index contributed by atoms with van der Waals surface area (Å²) in [5.74, 6) is -0.318. The van der Waals surface area contributed by atoms with Gasteiger partial charge in [-0.1, -0.05) is 0 Å². The molecule has 3 atom stereocenters. The number of carbonyl (C=O) groups is 1. The monoisotopic (exact) mass is 199 g/mol. The third-order valence-corrected chi connectivity index (χ3v) is 3.45. The number of hydrogen-bond donors (Lipinski definition) is 1. The molecule has 0 spiro atoms. The summed E-state index contributed by atoms with van der Waals surface area (Å²) in [4.78, 5) is 13.0. The van der Waals surface area contributed by atoms with Gasteiger partial charge in [-0.15, -0.1) is 0 Å². The molecule has 2 rings (SSSR count). The number of rotatable bonds is 2. The lowest BCUT2D eigenvalue weighted by Crippen LogP contribution is -2.55. The van der Waals surface area contributed by atoms with Crippen LogP contribution in [0.4, 0.5) is 0 Å². The minimum atomic E-state index is -0.668. The van der Waals surface area contributed by atoms with E-state index in [-0.39, 0.29) is 0 Å². The van der Waals surface area contributed by atoms with Gasteiger partial charge in [-0.2, -0.15) is 0 Å². The Morgan fingerprint density at radius 1 is 1.43 bits per heavy atom. The number of morpholine rings is 1. The molecule has 0 aliphatic carbocycles. The fraction of sp³-hybridized carbons (Fsp3) is 0.900. The predicted octanol–water partition coefficient (Wildman–Crippen LogP) is 0.570. The molecular weight excluding hydrogens is 182 g/mol. The zero-order valence-corrected chi connectivity index (χ0v) is 8.48. The molecule has 4 heteroatoms. The van der Waals surface area contributed by atoms with Gasteiger partial charge in [-0.3, -0.25) is 9.69 Å². The van der Waals surface area contributed by atoms with Crippen LogP contribution in [0.5, 0.6) is 0 Å². The lowest BCUT2D eigenvalue weighted by molar-refractivity contribution is -0.140. The number of piperidine rings is 1. The Labute approximate surface area is 83.8 Å². The van der Waals surface area contributed by atoms with Crippen LogP contribution in [0.25, 0.3) is 0 Å². The second-order valence-corrected chi connectivity index (χ2v) is 4.45. The Bertz CT molecular complexity index is 217. The molecule has 2 heterocycles. The summed E-state index contributed by atoms with van der Waals surface area (Å²) in [6.07, 6.45) is 2.26. The molecular formula is C10H17NO3. The van der Waals surface area contributed by atoms with Crippen molar-refractivity contribution in [3.63, 3.8) is 0 Å². The molecule has 1 unspecified atom stereocenters. The predicted molar refractivity (Wildman–Crippen MR) is 51.1 cm³/mol. The van der Waals surface area contributed by atoms with Crippen LogP contribution in [-0.2, 0) is 9.53 Å². The molecule has 2 bridgehead atoms. The first-order valence-corrected chi connectivity index (χ1v) is 5.18. The van der Waals surface area contributed by atoms with E-state index in [0.717, 1.165) is 26.1 Å². The average molecular weight is 199 g/mol. The van der Waals surface area contributed by atoms with Crippen LogP contribution in [0, 0.1) is 5.92 Å². The van der Waals surface area contributed by atoms with Crippen molar-refractivity contribution in [3.8, 4) is 0 Å². The van der Waals surface area contributed by atoms with Gasteiger partial charge in [-0.05, 0) is 25.8 Å². The molecule has 0 aromatic heterocycles. The van der Waals surface area contributed by atoms with Crippen LogP contribution >= 0.6 is 0 Å². The summed E-state index contributed by atoms with van der Waals surface area (Å²) in [7, 11) is 2.12. The summed E-state index contributed by atoms with van der Waals surface area (Å²) in [6.45, 7) is 1.53. The molecule has 2 aliphatic rings. The van der Waals surface area contributed by atoms with E-state index in [2.05, 4.69) is 11.9 Å². The molecule has 4 nitrogen and oxygen atoms in total. The highest BCUT2D eigenvalue weighted by Gasteiger charge is 2.37. The number of hydrogen-bond acceptors (Lipinski definition) is 3. The lowest BCUT2D eigenvalue weighted by Gasteiger charge is -2.46. The minimum Gasteiger partial charge on any atom is -0.481 e. The largest absolute Gasteiger partial charge is 0.481 e.